The lowest BCUT2D eigenvalue weighted by molar-refractivity contribution is -0.127. The molecule has 1 aliphatic rings. The lowest BCUT2D eigenvalue weighted by Crippen LogP contribution is -2.39. The van der Waals surface area contributed by atoms with Crippen LogP contribution in [0, 0.1) is 11.8 Å². The summed E-state index contributed by atoms with van der Waals surface area (Å²) in [6, 6.07) is 0.133. The maximum absolute atomic E-state index is 11.6. The molecule has 1 aliphatic carbocycles. The van der Waals surface area contributed by atoms with E-state index >= 15 is 0 Å². The van der Waals surface area contributed by atoms with E-state index in [1.54, 1.807) is 0 Å². The number of hydrogen-bond donors (Lipinski definition) is 1. The average Bonchev–Trinajstić information content (AvgIpc) is 2.04. The van der Waals surface area contributed by atoms with Crippen LogP contribution in [0.4, 0.5) is 0 Å². The highest BCUT2D eigenvalue weighted by molar-refractivity contribution is 5.83. The Balaban J connectivity index is 2.53. The van der Waals surface area contributed by atoms with Crippen molar-refractivity contribution >= 4 is 5.78 Å². The molecule has 2 nitrogen and oxygen atoms in total. The van der Waals surface area contributed by atoms with Crippen molar-refractivity contribution in [3.05, 3.63) is 0 Å². The minimum atomic E-state index is 0.133. The molecule has 0 aliphatic heterocycles. The zero-order valence-corrected chi connectivity index (χ0v) is 8.05. The zero-order chi connectivity index (χ0) is 9.14. The maximum atomic E-state index is 11.6. The fourth-order valence-corrected chi connectivity index (χ4v) is 1.94. The minimum absolute atomic E-state index is 0.133. The third kappa shape index (κ3) is 2.07. The molecule has 1 rings (SSSR count). The summed E-state index contributed by atoms with van der Waals surface area (Å²) in [6.07, 6.45) is 4.42. The SMILES string of the molecule is CC(C)C(=O)[C@H]1CCCC[C@H]1N. The van der Waals surface area contributed by atoms with Crippen LogP contribution in [0.15, 0.2) is 0 Å². The first-order valence-corrected chi connectivity index (χ1v) is 4.92. The van der Waals surface area contributed by atoms with Gasteiger partial charge in [0.15, 0.2) is 0 Å². The summed E-state index contributed by atoms with van der Waals surface area (Å²) in [7, 11) is 0. The molecule has 0 saturated heterocycles. The largest absolute Gasteiger partial charge is 0.327 e. The molecule has 2 atom stereocenters. The quantitative estimate of drug-likeness (QED) is 0.684. The lowest BCUT2D eigenvalue weighted by atomic mass is 9.79. The summed E-state index contributed by atoms with van der Waals surface area (Å²) >= 11 is 0. The third-order valence-electron chi connectivity index (χ3n) is 2.75. The molecular formula is C10H19NO. The summed E-state index contributed by atoms with van der Waals surface area (Å²) in [5, 5.41) is 0. The first kappa shape index (κ1) is 9.72. The molecule has 0 aromatic carbocycles. The molecular weight excluding hydrogens is 150 g/mol. The van der Waals surface area contributed by atoms with Gasteiger partial charge in [0.1, 0.15) is 5.78 Å². The van der Waals surface area contributed by atoms with E-state index in [9.17, 15) is 4.79 Å². The maximum Gasteiger partial charge on any atom is 0.140 e. The van der Waals surface area contributed by atoms with Crippen LogP contribution in [0.3, 0.4) is 0 Å². The van der Waals surface area contributed by atoms with E-state index in [1.807, 2.05) is 13.8 Å². The van der Waals surface area contributed by atoms with E-state index < -0.39 is 0 Å². The molecule has 0 unspecified atom stereocenters. The van der Waals surface area contributed by atoms with Gasteiger partial charge >= 0.3 is 0 Å². The van der Waals surface area contributed by atoms with Crippen molar-refractivity contribution in [1.29, 1.82) is 0 Å². The predicted molar refractivity (Wildman–Crippen MR) is 49.8 cm³/mol. The van der Waals surface area contributed by atoms with Crippen molar-refractivity contribution in [2.24, 2.45) is 17.6 Å². The molecule has 0 heterocycles. The van der Waals surface area contributed by atoms with Gasteiger partial charge in [-0.05, 0) is 12.8 Å². The van der Waals surface area contributed by atoms with Crippen LogP contribution in [-0.2, 0) is 4.79 Å². The molecule has 2 heteroatoms. The molecule has 2 N–H and O–H groups in total. The monoisotopic (exact) mass is 169 g/mol. The van der Waals surface area contributed by atoms with Gasteiger partial charge < -0.3 is 5.73 Å². The second-order valence-corrected chi connectivity index (χ2v) is 4.11. The molecule has 12 heavy (non-hydrogen) atoms. The van der Waals surface area contributed by atoms with Crippen molar-refractivity contribution in [1.82, 2.24) is 0 Å². The van der Waals surface area contributed by atoms with Gasteiger partial charge in [-0.1, -0.05) is 26.7 Å². The van der Waals surface area contributed by atoms with Gasteiger partial charge in [-0.2, -0.15) is 0 Å². The molecule has 0 spiro atoms. The smallest absolute Gasteiger partial charge is 0.140 e. The molecule has 0 bridgehead atoms. The van der Waals surface area contributed by atoms with Gasteiger partial charge in [0.2, 0.25) is 0 Å². The third-order valence-corrected chi connectivity index (χ3v) is 2.75. The molecule has 1 saturated carbocycles. The van der Waals surface area contributed by atoms with E-state index in [4.69, 9.17) is 5.73 Å². The number of carbonyl (C=O) groups excluding carboxylic acids is 1. The van der Waals surface area contributed by atoms with Gasteiger partial charge in [-0.25, -0.2) is 0 Å². The molecule has 0 radical (unpaired) electrons. The fourth-order valence-electron chi connectivity index (χ4n) is 1.94. The summed E-state index contributed by atoms with van der Waals surface area (Å²) < 4.78 is 0. The first-order chi connectivity index (χ1) is 5.63. The van der Waals surface area contributed by atoms with Crippen LogP contribution >= 0.6 is 0 Å². The highest BCUT2D eigenvalue weighted by Crippen LogP contribution is 2.25. The van der Waals surface area contributed by atoms with Crippen molar-refractivity contribution < 1.29 is 4.79 Å². The number of hydrogen-bond acceptors (Lipinski definition) is 2. The second-order valence-electron chi connectivity index (χ2n) is 4.11. The predicted octanol–water partition coefficient (Wildman–Crippen LogP) is 1.73. The van der Waals surface area contributed by atoms with Crippen LogP contribution in [0.2, 0.25) is 0 Å². The standard InChI is InChI=1S/C10H19NO/c1-7(2)10(12)8-5-3-4-6-9(8)11/h7-9H,3-6,11H2,1-2H3/t8-,9+/m0/s1. The lowest BCUT2D eigenvalue weighted by Gasteiger charge is -2.28. The average molecular weight is 169 g/mol. The van der Waals surface area contributed by atoms with Gasteiger partial charge in [0.25, 0.3) is 0 Å². The van der Waals surface area contributed by atoms with Crippen LogP contribution in [0.1, 0.15) is 39.5 Å². The highest BCUT2D eigenvalue weighted by atomic mass is 16.1. The summed E-state index contributed by atoms with van der Waals surface area (Å²) in [5.41, 5.74) is 5.90. The molecule has 70 valence electrons. The Labute approximate surface area is 74.5 Å². The Morgan fingerprint density at radius 3 is 2.42 bits per heavy atom. The second kappa shape index (κ2) is 4.04. The van der Waals surface area contributed by atoms with Gasteiger partial charge in [0, 0.05) is 17.9 Å². The van der Waals surface area contributed by atoms with Crippen LogP contribution in [-0.4, -0.2) is 11.8 Å². The number of ketones is 1. The molecule has 0 aromatic heterocycles. The topological polar surface area (TPSA) is 43.1 Å². The van der Waals surface area contributed by atoms with Crippen molar-refractivity contribution in [2.75, 3.05) is 0 Å². The first-order valence-electron chi connectivity index (χ1n) is 4.92. The van der Waals surface area contributed by atoms with Gasteiger partial charge in [-0.3, -0.25) is 4.79 Å². The van der Waals surface area contributed by atoms with Crippen molar-refractivity contribution in [3.63, 3.8) is 0 Å². The molecule has 0 amide bonds. The van der Waals surface area contributed by atoms with E-state index in [2.05, 4.69) is 0 Å². The fraction of sp³-hybridized carbons (Fsp3) is 0.900. The van der Waals surface area contributed by atoms with Gasteiger partial charge in [-0.15, -0.1) is 0 Å². The number of rotatable bonds is 2. The van der Waals surface area contributed by atoms with Gasteiger partial charge in [0.05, 0.1) is 0 Å². The Morgan fingerprint density at radius 2 is 1.92 bits per heavy atom. The molecule has 1 fully saturated rings. The number of Topliss-reactive ketones (excluding diaryl/α,β-unsaturated/α-hetero) is 1. The Morgan fingerprint density at radius 1 is 1.33 bits per heavy atom. The Kier molecular flexibility index (Phi) is 3.27. The summed E-state index contributed by atoms with van der Waals surface area (Å²) in [5.74, 6) is 0.667. The van der Waals surface area contributed by atoms with E-state index in [-0.39, 0.29) is 17.9 Å². The summed E-state index contributed by atoms with van der Waals surface area (Å²) in [6.45, 7) is 3.92. The number of carbonyl (C=O) groups is 1. The van der Waals surface area contributed by atoms with Crippen LogP contribution < -0.4 is 5.73 Å². The van der Waals surface area contributed by atoms with Crippen molar-refractivity contribution in [3.8, 4) is 0 Å². The number of nitrogens with two attached hydrogens (primary N) is 1. The summed E-state index contributed by atoms with van der Waals surface area (Å²) in [4.78, 5) is 11.6. The van der Waals surface area contributed by atoms with Crippen LogP contribution in [0.5, 0.6) is 0 Å². The molecule has 0 aromatic rings. The Hall–Kier alpha value is -0.370. The van der Waals surface area contributed by atoms with E-state index in [0.29, 0.717) is 5.78 Å². The van der Waals surface area contributed by atoms with Crippen LogP contribution in [0.25, 0.3) is 0 Å². The minimum Gasteiger partial charge on any atom is -0.327 e. The normalized spacial score (nSPS) is 30.7. The highest BCUT2D eigenvalue weighted by Gasteiger charge is 2.29. The van der Waals surface area contributed by atoms with Crippen molar-refractivity contribution in [2.45, 2.75) is 45.6 Å². The Bertz CT molecular complexity index is 165. The van der Waals surface area contributed by atoms with E-state index in [0.717, 1.165) is 12.8 Å². The van der Waals surface area contributed by atoms with E-state index in [1.165, 1.54) is 12.8 Å². The zero-order valence-electron chi connectivity index (χ0n) is 8.05.